The van der Waals surface area contributed by atoms with Gasteiger partial charge in [-0.2, -0.15) is 0 Å². The van der Waals surface area contributed by atoms with Gasteiger partial charge in [-0.15, -0.1) is 0 Å². The average molecular weight is 232 g/mol. The molecule has 6 nitrogen and oxygen atoms in total. The van der Waals surface area contributed by atoms with E-state index in [1.165, 1.54) is 4.90 Å². The number of para-hydroxylation sites is 1. The summed E-state index contributed by atoms with van der Waals surface area (Å²) in [5.41, 5.74) is 8.72. The summed E-state index contributed by atoms with van der Waals surface area (Å²) < 4.78 is 0. The molecular formula is C11H12N4O2. The van der Waals surface area contributed by atoms with Crippen LogP contribution in [0.2, 0.25) is 0 Å². The molecule has 0 fully saturated rings. The van der Waals surface area contributed by atoms with Crippen LogP contribution < -0.4 is 4.90 Å². The van der Waals surface area contributed by atoms with Crippen LogP contribution in [0.25, 0.3) is 10.4 Å². The standard InChI is InChI=1S/C11H12N4O2/c1-15-9-5-3-2-4-8(9)11(7-16,10(15)17)6-13-14-12/h2-5,16H,6-7H2,1H3. The number of carbonyl (C=O) groups excluding carboxylic acids is 1. The molecule has 1 atom stereocenters. The maximum atomic E-state index is 12.2. The fourth-order valence-corrected chi connectivity index (χ4v) is 2.22. The molecule has 0 bridgehead atoms. The molecule has 2 rings (SSSR count). The Bertz CT molecular complexity index is 510. The minimum atomic E-state index is -1.13. The van der Waals surface area contributed by atoms with Gasteiger partial charge in [0.2, 0.25) is 5.91 Å². The van der Waals surface area contributed by atoms with E-state index in [1.807, 2.05) is 6.07 Å². The Hall–Kier alpha value is -2.04. The highest BCUT2D eigenvalue weighted by molar-refractivity contribution is 6.08. The second-order valence-corrected chi connectivity index (χ2v) is 4.01. The van der Waals surface area contributed by atoms with Gasteiger partial charge >= 0.3 is 0 Å². The average Bonchev–Trinajstić information content (AvgIpc) is 2.59. The van der Waals surface area contributed by atoms with E-state index >= 15 is 0 Å². The lowest BCUT2D eigenvalue weighted by Gasteiger charge is -2.23. The number of azide groups is 1. The largest absolute Gasteiger partial charge is 0.395 e. The van der Waals surface area contributed by atoms with Crippen molar-refractivity contribution < 1.29 is 9.90 Å². The highest BCUT2D eigenvalue weighted by Gasteiger charge is 2.48. The lowest BCUT2D eigenvalue weighted by atomic mass is 9.82. The number of carbonyl (C=O) groups is 1. The first kappa shape index (κ1) is 11.4. The lowest BCUT2D eigenvalue weighted by molar-refractivity contribution is -0.123. The third-order valence-corrected chi connectivity index (χ3v) is 3.17. The molecule has 88 valence electrons. The molecule has 0 saturated carbocycles. The van der Waals surface area contributed by atoms with Crippen molar-refractivity contribution in [2.75, 3.05) is 25.1 Å². The summed E-state index contributed by atoms with van der Waals surface area (Å²) in [6.45, 7) is -0.438. The van der Waals surface area contributed by atoms with Crippen LogP contribution in [0.3, 0.4) is 0 Å². The van der Waals surface area contributed by atoms with Crippen LogP contribution in [0.5, 0.6) is 0 Å². The Kier molecular flexibility index (Phi) is 2.75. The Morgan fingerprint density at radius 2 is 2.24 bits per heavy atom. The van der Waals surface area contributed by atoms with Gasteiger partial charge in [0.05, 0.1) is 6.61 Å². The second kappa shape index (κ2) is 4.08. The smallest absolute Gasteiger partial charge is 0.239 e. The van der Waals surface area contributed by atoms with Crippen molar-refractivity contribution in [2.45, 2.75) is 5.41 Å². The molecule has 1 aromatic carbocycles. The molecule has 17 heavy (non-hydrogen) atoms. The van der Waals surface area contributed by atoms with E-state index in [0.717, 1.165) is 5.69 Å². The molecule has 6 heteroatoms. The zero-order valence-electron chi connectivity index (χ0n) is 9.37. The Morgan fingerprint density at radius 1 is 1.53 bits per heavy atom. The van der Waals surface area contributed by atoms with Crippen molar-refractivity contribution in [1.29, 1.82) is 0 Å². The van der Waals surface area contributed by atoms with E-state index in [4.69, 9.17) is 5.53 Å². The lowest BCUT2D eigenvalue weighted by Crippen LogP contribution is -2.44. The van der Waals surface area contributed by atoms with Crippen LogP contribution in [-0.2, 0) is 10.2 Å². The number of hydrogen-bond donors (Lipinski definition) is 1. The molecule has 0 saturated heterocycles. The normalized spacial score (nSPS) is 22.2. The van der Waals surface area contributed by atoms with E-state index in [2.05, 4.69) is 10.0 Å². The summed E-state index contributed by atoms with van der Waals surface area (Å²) in [5.74, 6) is -0.242. The molecule has 1 aliphatic rings. The van der Waals surface area contributed by atoms with E-state index in [9.17, 15) is 9.90 Å². The van der Waals surface area contributed by atoms with Crippen LogP contribution >= 0.6 is 0 Å². The van der Waals surface area contributed by atoms with Crippen molar-refractivity contribution in [3.63, 3.8) is 0 Å². The summed E-state index contributed by atoms with van der Waals surface area (Å²) in [4.78, 5) is 16.4. The van der Waals surface area contributed by atoms with Gasteiger partial charge in [0.15, 0.2) is 0 Å². The summed E-state index contributed by atoms with van der Waals surface area (Å²) in [7, 11) is 1.65. The molecule has 1 aliphatic heterocycles. The second-order valence-electron chi connectivity index (χ2n) is 4.01. The number of hydrogen-bond acceptors (Lipinski definition) is 3. The Balaban J connectivity index is 2.60. The first-order valence-corrected chi connectivity index (χ1v) is 5.17. The molecule has 0 radical (unpaired) electrons. The van der Waals surface area contributed by atoms with Gasteiger partial charge in [-0.05, 0) is 17.2 Å². The van der Waals surface area contributed by atoms with Crippen molar-refractivity contribution in [3.8, 4) is 0 Å². The Labute approximate surface area is 98.1 Å². The fraction of sp³-hybridized carbons (Fsp3) is 0.364. The topological polar surface area (TPSA) is 89.3 Å². The highest BCUT2D eigenvalue weighted by Crippen LogP contribution is 2.41. The number of aliphatic hydroxyl groups is 1. The molecule has 1 heterocycles. The van der Waals surface area contributed by atoms with Crippen LogP contribution in [0.4, 0.5) is 5.69 Å². The highest BCUT2D eigenvalue weighted by atomic mass is 16.3. The number of aliphatic hydroxyl groups excluding tert-OH is 1. The van der Waals surface area contributed by atoms with Crippen molar-refractivity contribution in [3.05, 3.63) is 40.3 Å². The molecule has 1 amide bonds. The van der Waals surface area contributed by atoms with Crippen molar-refractivity contribution in [2.24, 2.45) is 5.11 Å². The number of likely N-dealkylation sites (N-methyl/N-ethyl adjacent to an activating group) is 1. The minimum Gasteiger partial charge on any atom is -0.395 e. The summed E-state index contributed by atoms with van der Waals surface area (Å²) in [6, 6.07) is 7.20. The molecule has 1 unspecified atom stereocenters. The molecular weight excluding hydrogens is 220 g/mol. The third kappa shape index (κ3) is 1.46. The summed E-state index contributed by atoms with van der Waals surface area (Å²) >= 11 is 0. The van der Waals surface area contributed by atoms with Gasteiger partial charge in [0, 0.05) is 24.2 Å². The number of anilines is 1. The molecule has 1 N–H and O–H groups in total. The molecule has 1 aromatic rings. The van der Waals surface area contributed by atoms with Crippen LogP contribution in [0.15, 0.2) is 29.4 Å². The number of benzene rings is 1. The maximum absolute atomic E-state index is 12.2. The third-order valence-electron chi connectivity index (χ3n) is 3.17. The Morgan fingerprint density at radius 3 is 2.88 bits per heavy atom. The molecule has 0 aliphatic carbocycles. The van der Waals surface area contributed by atoms with Gasteiger partial charge in [-0.3, -0.25) is 4.79 Å². The zero-order chi connectivity index (χ0) is 12.5. The fourth-order valence-electron chi connectivity index (χ4n) is 2.22. The first-order valence-electron chi connectivity index (χ1n) is 5.17. The van der Waals surface area contributed by atoms with Crippen LogP contribution in [-0.4, -0.2) is 31.2 Å². The van der Waals surface area contributed by atoms with Gasteiger partial charge in [-0.1, -0.05) is 23.3 Å². The minimum absolute atomic E-state index is 0.0693. The number of nitrogens with zero attached hydrogens (tertiary/aromatic N) is 4. The monoisotopic (exact) mass is 232 g/mol. The SMILES string of the molecule is CN1C(=O)C(CO)(CN=[N+]=[N-])c2ccccc21. The van der Waals surface area contributed by atoms with Crippen molar-refractivity contribution in [1.82, 2.24) is 0 Å². The predicted octanol–water partition coefficient (Wildman–Crippen LogP) is 1.20. The van der Waals surface area contributed by atoms with Crippen molar-refractivity contribution >= 4 is 11.6 Å². The van der Waals surface area contributed by atoms with Crippen LogP contribution in [0.1, 0.15) is 5.56 Å². The van der Waals surface area contributed by atoms with E-state index in [-0.39, 0.29) is 19.1 Å². The van der Waals surface area contributed by atoms with Crippen LogP contribution in [0, 0.1) is 0 Å². The number of fused-ring (bicyclic) bond motifs is 1. The van der Waals surface area contributed by atoms with Gasteiger partial charge < -0.3 is 10.0 Å². The first-order chi connectivity index (χ1) is 8.17. The number of amides is 1. The van der Waals surface area contributed by atoms with E-state index < -0.39 is 5.41 Å². The number of rotatable bonds is 3. The van der Waals surface area contributed by atoms with Gasteiger partial charge in [0.25, 0.3) is 0 Å². The van der Waals surface area contributed by atoms with E-state index in [0.29, 0.717) is 5.56 Å². The zero-order valence-corrected chi connectivity index (χ0v) is 9.37. The quantitative estimate of drug-likeness (QED) is 0.482. The predicted molar refractivity (Wildman–Crippen MR) is 62.6 cm³/mol. The molecule has 0 aromatic heterocycles. The summed E-state index contributed by atoms with van der Waals surface area (Å²) in [5, 5.41) is 13.0. The van der Waals surface area contributed by atoms with E-state index in [1.54, 1.807) is 25.2 Å². The van der Waals surface area contributed by atoms with Gasteiger partial charge in [-0.25, -0.2) is 0 Å². The maximum Gasteiger partial charge on any atom is 0.239 e. The molecule has 0 spiro atoms. The summed E-state index contributed by atoms with van der Waals surface area (Å²) in [6.07, 6.45) is 0. The van der Waals surface area contributed by atoms with Gasteiger partial charge in [0.1, 0.15) is 5.41 Å².